The number of carbonyl (C=O) groups excluding carboxylic acids is 3. The Labute approximate surface area is 252 Å². The normalized spacial score (nSPS) is 13.5. The molecule has 0 heterocycles. The van der Waals surface area contributed by atoms with Crippen molar-refractivity contribution in [2.45, 2.75) is 98.4 Å². The Bertz CT molecular complexity index is 1220. The summed E-state index contributed by atoms with van der Waals surface area (Å²) in [7, 11) is 4.43. The van der Waals surface area contributed by atoms with E-state index in [9.17, 15) is 14.4 Å². The van der Waals surface area contributed by atoms with E-state index in [2.05, 4.69) is 20.8 Å². The average molecular weight is 583 g/mol. The van der Waals surface area contributed by atoms with Gasteiger partial charge in [-0.25, -0.2) is 9.59 Å². The summed E-state index contributed by atoms with van der Waals surface area (Å²) >= 11 is 0. The Balaban J connectivity index is 2.40. The lowest BCUT2D eigenvalue weighted by atomic mass is 9.84. The van der Waals surface area contributed by atoms with Crippen molar-refractivity contribution in [2.24, 2.45) is 5.41 Å². The van der Waals surface area contributed by atoms with Gasteiger partial charge in [-0.3, -0.25) is 9.69 Å². The number of ether oxygens (including phenoxy) is 3. The minimum atomic E-state index is -0.914. The molecule has 0 aliphatic heterocycles. The number of carbonyl (C=O) groups is 3. The molecule has 0 unspecified atom stereocenters. The van der Waals surface area contributed by atoms with Crippen molar-refractivity contribution in [3.63, 3.8) is 0 Å². The lowest BCUT2D eigenvalue weighted by molar-refractivity contribution is -0.155. The minimum absolute atomic E-state index is 0.226. The molecule has 232 valence electrons. The van der Waals surface area contributed by atoms with Gasteiger partial charge in [0.05, 0.1) is 7.11 Å². The van der Waals surface area contributed by atoms with Gasteiger partial charge >= 0.3 is 12.1 Å². The predicted octanol–water partition coefficient (Wildman–Crippen LogP) is 6.39. The molecule has 0 radical (unpaired) electrons. The monoisotopic (exact) mass is 582 g/mol. The summed E-state index contributed by atoms with van der Waals surface area (Å²) in [6.07, 6.45) is -0.385. The van der Waals surface area contributed by atoms with Crippen molar-refractivity contribution in [1.82, 2.24) is 9.80 Å². The summed E-state index contributed by atoms with van der Waals surface area (Å²) in [5.41, 5.74) is 1.31. The number of rotatable bonds is 9. The van der Waals surface area contributed by atoms with Crippen molar-refractivity contribution in [2.75, 3.05) is 21.2 Å². The average Bonchev–Trinajstić information content (AvgIpc) is 2.88. The lowest BCUT2D eigenvalue weighted by Gasteiger charge is -2.40. The number of benzene rings is 2. The van der Waals surface area contributed by atoms with Crippen molar-refractivity contribution in [3.05, 3.63) is 65.2 Å². The van der Waals surface area contributed by atoms with Crippen LogP contribution in [0.4, 0.5) is 4.79 Å². The molecule has 2 aromatic rings. The van der Waals surface area contributed by atoms with Crippen LogP contribution < -0.4 is 4.74 Å². The zero-order chi connectivity index (χ0) is 32.0. The number of amides is 2. The molecule has 0 aliphatic carbocycles. The second-order valence-electron chi connectivity index (χ2n) is 13.9. The molecular weight excluding hydrogens is 532 g/mol. The molecule has 2 aromatic carbocycles. The van der Waals surface area contributed by atoms with Crippen LogP contribution in [0.5, 0.6) is 5.75 Å². The van der Waals surface area contributed by atoms with Gasteiger partial charge in [0.15, 0.2) is 0 Å². The van der Waals surface area contributed by atoms with E-state index in [1.54, 1.807) is 34.9 Å². The minimum Gasteiger partial charge on any atom is -0.489 e. The molecule has 0 aliphatic rings. The van der Waals surface area contributed by atoms with E-state index in [1.807, 2.05) is 69.3 Å². The van der Waals surface area contributed by atoms with Crippen LogP contribution in [0.3, 0.4) is 0 Å². The van der Waals surface area contributed by atoms with Crippen molar-refractivity contribution < 1.29 is 28.6 Å². The summed E-state index contributed by atoms with van der Waals surface area (Å²) in [6, 6.07) is 14.0. The Hall–Kier alpha value is -3.55. The summed E-state index contributed by atoms with van der Waals surface area (Å²) < 4.78 is 16.9. The predicted molar refractivity (Wildman–Crippen MR) is 165 cm³/mol. The fourth-order valence-corrected chi connectivity index (χ4v) is 4.79. The van der Waals surface area contributed by atoms with Crippen LogP contribution in [0.2, 0.25) is 0 Å². The third-order valence-corrected chi connectivity index (χ3v) is 6.93. The third kappa shape index (κ3) is 9.50. The molecule has 42 heavy (non-hydrogen) atoms. The van der Waals surface area contributed by atoms with Crippen LogP contribution in [-0.2, 0) is 37.5 Å². The number of methoxy groups -OCH3 is 1. The highest BCUT2D eigenvalue weighted by Crippen LogP contribution is 2.34. The zero-order valence-corrected chi connectivity index (χ0v) is 27.5. The molecule has 0 fully saturated rings. The summed E-state index contributed by atoms with van der Waals surface area (Å²) in [4.78, 5) is 42.8. The van der Waals surface area contributed by atoms with E-state index in [0.29, 0.717) is 6.61 Å². The molecular formula is C34H50N2O6. The van der Waals surface area contributed by atoms with E-state index >= 15 is 0 Å². The molecule has 0 aromatic heterocycles. The van der Waals surface area contributed by atoms with Crippen LogP contribution in [0.25, 0.3) is 0 Å². The standard InChI is InChI=1S/C34H50N2O6/c1-32(2,3)25-20-24(18-19-27(25)41-22-23-16-14-13-15-17-23)21-26(30(38)40-12)35(10)29(37)28(33(4,5)6)36(11)31(39)42-34(7,8)9/h13-20,26,28H,21-22H2,1-12H3/t26-,28+/m0/s1. The number of hydrogen-bond acceptors (Lipinski definition) is 6. The lowest BCUT2D eigenvalue weighted by Crippen LogP contribution is -2.58. The Kier molecular flexibility index (Phi) is 11.2. The molecule has 0 spiro atoms. The number of likely N-dealkylation sites (N-methyl/N-ethyl adjacent to an activating group) is 2. The Morgan fingerprint density at radius 3 is 1.90 bits per heavy atom. The van der Waals surface area contributed by atoms with Gasteiger partial charge in [0, 0.05) is 20.5 Å². The van der Waals surface area contributed by atoms with Crippen LogP contribution in [-0.4, -0.2) is 66.7 Å². The highest BCUT2D eigenvalue weighted by atomic mass is 16.6. The van der Waals surface area contributed by atoms with E-state index < -0.39 is 35.2 Å². The molecule has 2 amide bonds. The first-order valence-corrected chi connectivity index (χ1v) is 14.4. The molecule has 2 atom stereocenters. The summed E-state index contributed by atoms with van der Waals surface area (Å²) in [5, 5.41) is 0. The van der Waals surface area contributed by atoms with Gasteiger partial charge in [0.25, 0.3) is 0 Å². The number of nitrogens with zero attached hydrogens (tertiary/aromatic N) is 2. The fourth-order valence-electron chi connectivity index (χ4n) is 4.79. The Morgan fingerprint density at radius 2 is 1.40 bits per heavy atom. The van der Waals surface area contributed by atoms with Gasteiger partial charge in [-0.15, -0.1) is 0 Å². The van der Waals surface area contributed by atoms with Gasteiger partial charge < -0.3 is 19.1 Å². The quantitative estimate of drug-likeness (QED) is 0.319. The molecule has 2 rings (SSSR count). The number of esters is 1. The van der Waals surface area contributed by atoms with Gasteiger partial charge in [0.2, 0.25) is 5.91 Å². The highest BCUT2D eigenvalue weighted by molar-refractivity contribution is 5.90. The van der Waals surface area contributed by atoms with Crippen LogP contribution >= 0.6 is 0 Å². The molecule has 0 N–H and O–H groups in total. The molecule has 8 heteroatoms. The maximum atomic E-state index is 14.0. The van der Waals surface area contributed by atoms with E-state index in [-0.39, 0.29) is 17.7 Å². The van der Waals surface area contributed by atoms with Crippen molar-refractivity contribution in [1.29, 1.82) is 0 Å². The Morgan fingerprint density at radius 1 is 0.810 bits per heavy atom. The molecule has 0 saturated heterocycles. The zero-order valence-electron chi connectivity index (χ0n) is 27.5. The second kappa shape index (κ2) is 13.6. The first-order chi connectivity index (χ1) is 19.3. The van der Waals surface area contributed by atoms with Gasteiger partial charge in [-0.1, -0.05) is 84.0 Å². The summed E-state index contributed by atoms with van der Waals surface area (Å²) in [6.45, 7) is 17.7. The maximum absolute atomic E-state index is 14.0. The molecule has 0 saturated carbocycles. The van der Waals surface area contributed by atoms with Crippen LogP contribution in [0.15, 0.2) is 48.5 Å². The number of hydrogen-bond donors (Lipinski definition) is 0. The second-order valence-corrected chi connectivity index (χ2v) is 13.9. The first kappa shape index (κ1) is 34.7. The van der Waals surface area contributed by atoms with E-state index in [1.165, 1.54) is 16.9 Å². The SMILES string of the molecule is COC(=O)[C@H](Cc1ccc(OCc2ccccc2)c(C(C)(C)C)c1)N(C)C(=O)[C@@H](N(C)C(=O)OC(C)(C)C)C(C)(C)C. The topological polar surface area (TPSA) is 85.4 Å². The van der Waals surface area contributed by atoms with E-state index in [4.69, 9.17) is 14.2 Å². The third-order valence-electron chi connectivity index (χ3n) is 6.93. The molecule has 0 bridgehead atoms. The van der Waals surface area contributed by atoms with Gasteiger partial charge in [0.1, 0.15) is 30.0 Å². The van der Waals surface area contributed by atoms with Gasteiger partial charge in [-0.05, 0) is 54.4 Å². The van der Waals surface area contributed by atoms with Crippen molar-refractivity contribution >= 4 is 18.0 Å². The smallest absolute Gasteiger partial charge is 0.410 e. The fraction of sp³-hybridized carbons (Fsp3) is 0.559. The van der Waals surface area contributed by atoms with Crippen molar-refractivity contribution in [3.8, 4) is 5.75 Å². The van der Waals surface area contributed by atoms with Crippen LogP contribution in [0, 0.1) is 5.41 Å². The van der Waals surface area contributed by atoms with Crippen LogP contribution in [0.1, 0.15) is 79.0 Å². The largest absolute Gasteiger partial charge is 0.489 e. The first-order valence-electron chi connectivity index (χ1n) is 14.4. The maximum Gasteiger partial charge on any atom is 0.410 e. The molecule has 8 nitrogen and oxygen atoms in total. The van der Waals surface area contributed by atoms with E-state index in [0.717, 1.165) is 22.4 Å². The highest BCUT2D eigenvalue weighted by Gasteiger charge is 2.43. The summed E-state index contributed by atoms with van der Waals surface area (Å²) in [5.74, 6) is -0.161. The van der Waals surface area contributed by atoms with Gasteiger partial charge in [-0.2, -0.15) is 0 Å².